The molecule has 0 radical (unpaired) electrons. The molecule has 0 spiro atoms. The molecule has 2 bridgehead atoms. The first-order chi connectivity index (χ1) is 6.18. The van der Waals surface area contributed by atoms with Crippen LogP contribution >= 0.6 is 0 Å². The van der Waals surface area contributed by atoms with Crippen LogP contribution in [0.1, 0.15) is 12.8 Å². The molecule has 72 valence electrons. The van der Waals surface area contributed by atoms with Crippen LogP contribution in [0.15, 0.2) is 0 Å². The molecule has 2 unspecified atom stereocenters. The molecule has 1 aliphatic carbocycles. The Hall–Kier alpha value is -0.900. The molecule has 2 aliphatic rings. The van der Waals surface area contributed by atoms with Gasteiger partial charge in [0.25, 0.3) is 0 Å². The van der Waals surface area contributed by atoms with E-state index in [0.717, 1.165) is 0 Å². The second-order valence-corrected chi connectivity index (χ2v) is 3.84. The first-order valence-corrected chi connectivity index (χ1v) is 4.52. The summed E-state index contributed by atoms with van der Waals surface area (Å²) in [6.45, 7) is 0.832. The van der Waals surface area contributed by atoms with Crippen molar-refractivity contribution >= 4 is 11.8 Å². The summed E-state index contributed by atoms with van der Waals surface area (Å²) in [5.41, 5.74) is 0. The van der Waals surface area contributed by atoms with Crippen molar-refractivity contribution in [3.8, 4) is 0 Å². The number of hydrogen-bond donors (Lipinski definition) is 1. The van der Waals surface area contributed by atoms with Crippen LogP contribution in [-0.4, -0.2) is 30.1 Å². The van der Waals surface area contributed by atoms with Crippen molar-refractivity contribution in [1.82, 2.24) is 0 Å². The highest BCUT2D eigenvalue weighted by atomic mass is 16.5. The number of rotatable bonds is 1. The quantitative estimate of drug-likeness (QED) is 0.637. The number of fused-ring (bicyclic) bond motifs is 2. The number of Topliss-reactive ketones (excluding diaryl/α,β-unsaturated/α-hetero) is 1. The summed E-state index contributed by atoms with van der Waals surface area (Å²) in [5.74, 6) is -1.22. The average Bonchev–Trinajstić information content (AvgIpc) is 2.02. The number of ether oxygens (including phenoxy) is 1. The highest BCUT2D eigenvalue weighted by Gasteiger charge is 2.41. The van der Waals surface area contributed by atoms with E-state index in [0.29, 0.717) is 26.1 Å². The van der Waals surface area contributed by atoms with E-state index in [1.807, 2.05) is 0 Å². The molecule has 1 N–H and O–H groups in total. The van der Waals surface area contributed by atoms with Crippen molar-refractivity contribution < 1.29 is 19.4 Å². The SMILES string of the molecule is O=C(O)C1CC2COCC(C1)C2=O. The molecule has 0 aromatic carbocycles. The predicted octanol–water partition coefficient (Wildman–Crippen LogP) is 0.313. The monoisotopic (exact) mass is 184 g/mol. The number of carbonyl (C=O) groups excluding carboxylic acids is 1. The molecule has 1 saturated heterocycles. The standard InChI is InChI=1S/C9H12O4/c10-8-6-1-5(9(11)12)2-7(8)4-13-3-6/h5-7H,1-4H2,(H,11,12). The number of aliphatic carboxylic acids is 1. The van der Waals surface area contributed by atoms with E-state index in [2.05, 4.69) is 0 Å². The topological polar surface area (TPSA) is 63.6 Å². The lowest BCUT2D eigenvalue weighted by Crippen LogP contribution is -2.44. The number of hydrogen-bond acceptors (Lipinski definition) is 3. The van der Waals surface area contributed by atoms with Crippen LogP contribution in [0.3, 0.4) is 0 Å². The number of carbonyl (C=O) groups is 2. The van der Waals surface area contributed by atoms with Gasteiger partial charge in [0.1, 0.15) is 5.78 Å². The van der Waals surface area contributed by atoms with Gasteiger partial charge in [-0.2, -0.15) is 0 Å². The van der Waals surface area contributed by atoms with E-state index in [1.54, 1.807) is 0 Å². The van der Waals surface area contributed by atoms with Gasteiger partial charge < -0.3 is 9.84 Å². The van der Waals surface area contributed by atoms with E-state index in [9.17, 15) is 9.59 Å². The van der Waals surface area contributed by atoms with Gasteiger partial charge in [-0.3, -0.25) is 9.59 Å². The molecular formula is C9H12O4. The van der Waals surface area contributed by atoms with Crippen LogP contribution in [0, 0.1) is 17.8 Å². The molecule has 2 rings (SSSR count). The highest BCUT2D eigenvalue weighted by molar-refractivity contribution is 5.87. The molecule has 13 heavy (non-hydrogen) atoms. The van der Waals surface area contributed by atoms with Gasteiger partial charge in [-0.05, 0) is 12.8 Å². The van der Waals surface area contributed by atoms with Gasteiger partial charge in [-0.1, -0.05) is 0 Å². The maximum atomic E-state index is 11.5. The molecule has 1 heterocycles. The zero-order valence-electron chi connectivity index (χ0n) is 7.23. The molecular weight excluding hydrogens is 172 g/mol. The van der Waals surface area contributed by atoms with E-state index < -0.39 is 5.97 Å². The van der Waals surface area contributed by atoms with E-state index in [-0.39, 0.29) is 23.5 Å². The lowest BCUT2D eigenvalue weighted by molar-refractivity contribution is -0.153. The van der Waals surface area contributed by atoms with Crippen LogP contribution < -0.4 is 0 Å². The maximum absolute atomic E-state index is 11.5. The van der Waals surface area contributed by atoms with Gasteiger partial charge in [0.05, 0.1) is 19.1 Å². The Balaban J connectivity index is 2.11. The molecule has 4 heteroatoms. The summed E-state index contributed by atoms with van der Waals surface area (Å²) in [7, 11) is 0. The first-order valence-electron chi connectivity index (χ1n) is 4.52. The Morgan fingerprint density at radius 1 is 1.31 bits per heavy atom. The number of carboxylic acid groups (broad SMARTS) is 1. The van der Waals surface area contributed by atoms with Crippen molar-refractivity contribution in [3.05, 3.63) is 0 Å². The van der Waals surface area contributed by atoms with Gasteiger partial charge >= 0.3 is 5.97 Å². The second-order valence-electron chi connectivity index (χ2n) is 3.84. The summed E-state index contributed by atoms with van der Waals surface area (Å²) in [5, 5.41) is 8.83. The Morgan fingerprint density at radius 2 is 1.85 bits per heavy atom. The van der Waals surface area contributed by atoms with Crippen LogP contribution in [0.25, 0.3) is 0 Å². The largest absolute Gasteiger partial charge is 0.481 e. The third-order valence-corrected chi connectivity index (χ3v) is 2.93. The van der Waals surface area contributed by atoms with Gasteiger partial charge in [0.2, 0.25) is 0 Å². The van der Waals surface area contributed by atoms with E-state index >= 15 is 0 Å². The lowest BCUT2D eigenvalue weighted by Gasteiger charge is -2.35. The molecule has 0 aromatic rings. The second kappa shape index (κ2) is 3.10. The first kappa shape index (κ1) is 8.69. The van der Waals surface area contributed by atoms with Gasteiger partial charge in [0.15, 0.2) is 0 Å². The summed E-state index contributed by atoms with van der Waals surface area (Å²) < 4.78 is 5.22. The molecule has 4 nitrogen and oxygen atoms in total. The molecule has 0 aromatic heterocycles. The molecule has 0 amide bonds. The zero-order valence-corrected chi connectivity index (χ0v) is 7.23. The molecule has 1 aliphatic heterocycles. The normalized spacial score (nSPS) is 38.8. The van der Waals surface area contributed by atoms with Gasteiger partial charge in [0, 0.05) is 11.8 Å². The third kappa shape index (κ3) is 1.46. The van der Waals surface area contributed by atoms with Crippen LogP contribution in [0.4, 0.5) is 0 Å². The minimum absolute atomic E-state index is 0.159. The van der Waals surface area contributed by atoms with Crippen molar-refractivity contribution in [2.75, 3.05) is 13.2 Å². The summed E-state index contributed by atoms with van der Waals surface area (Å²) in [6.07, 6.45) is 0.926. The van der Waals surface area contributed by atoms with Crippen LogP contribution in [-0.2, 0) is 14.3 Å². The number of ketones is 1. The summed E-state index contributed by atoms with van der Waals surface area (Å²) in [6, 6.07) is 0. The minimum Gasteiger partial charge on any atom is -0.481 e. The van der Waals surface area contributed by atoms with Crippen molar-refractivity contribution in [3.63, 3.8) is 0 Å². The fourth-order valence-corrected chi connectivity index (χ4v) is 2.20. The molecule has 2 atom stereocenters. The summed E-state index contributed by atoms with van der Waals surface area (Å²) in [4.78, 5) is 22.2. The zero-order chi connectivity index (χ0) is 9.42. The third-order valence-electron chi connectivity index (χ3n) is 2.93. The van der Waals surface area contributed by atoms with Crippen LogP contribution in [0.5, 0.6) is 0 Å². The predicted molar refractivity (Wildman–Crippen MR) is 43.2 cm³/mol. The lowest BCUT2D eigenvalue weighted by atomic mass is 9.73. The van der Waals surface area contributed by atoms with Gasteiger partial charge in [-0.15, -0.1) is 0 Å². The van der Waals surface area contributed by atoms with Crippen molar-refractivity contribution in [2.24, 2.45) is 17.8 Å². The maximum Gasteiger partial charge on any atom is 0.306 e. The molecule has 2 fully saturated rings. The van der Waals surface area contributed by atoms with Gasteiger partial charge in [-0.25, -0.2) is 0 Å². The molecule has 1 saturated carbocycles. The number of carboxylic acids is 1. The van der Waals surface area contributed by atoms with E-state index in [4.69, 9.17) is 9.84 Å². The fourth-order valence-electron chi connectivity index (χ4n) is 2.20. The Labute approximate surface area is 75.9 Å². The Bertz CT molecular complexity index is 232. The fraction of sp³-hybridized carbons (Fsp3) is 0.778. The smallest absolute Gasteiger partial charge is 0.306 e. The Morgan fingerprint density at radius 3 is 2.31 bits per heavy atom. The Kier molecular flexibility index (Phi) is 2.07. The summed E-state index contributed by atoms with van der Waals surface area (Å²) >= 11 is 0. The van der Waals surface area contributed by atoms with E-state index in [1.165, 1.54) is 0 Å². The van der Waals surface area contributed by atoms with Crippen LogP contribution in [0.2, 0.25) is 0 Å². The average molecular weight is 184 g/mol. The van der Waals surface area contributed by atoms with Crippen molar-refractivity contribution in [2.45, 2.75) is 12.8 Å². The van der Waals surface area contributed by atoms with Crippen molar-refractivity contribution in [1.29, 1.82) is 0 Å². The highest BCUT2D eigenvalue weighted by Crippen LogP contribution is 2.34. The minimum atomic E-state index is -0.774.